The van der Waals surface area contributed by atoms with Crippen LogP contribution in [0.25, 0.3) is 0 Å². The number of nitrogens with zero attached hydrogens (tertiary/aromatic N) is 4. The molecule has 1 aromatic heterocycles. The zero-order chi connectivity index (χ0) is 13.7. The second-order valence-electron chi connectivity index (χ2n) is 3.45. The van der Waals surface area contributed by atoms with Gasteiger partial charge in [0.1, 0.15) is 0 Å². The number of carbonyl (C=O) groups is 1. The highest BCUT2D eigenvalue weighted by atomic mass is 35.5. The minimum Gasteiger partial charge on any atom is -0.358 e. The van der Waals surface area contributed by atoms with E-state index in [1.165, 1.54) is 22.8 Å². The molecule has 9 heteroatoms. The summed E-state index contributed by atoms with van der Waals surface area (Å²) in [7, 11) is 1.52. The van der Waals surface area contributed by atoms with Gasteiger partial charge in [-0.05, 0) is 9.91 Å². The van der Waals surface area contributed by atoms with Gasteiger partial charge >= 0.3 is 5.82 Å². The van der Waals surface area contributed by atoms with E-state index >= 15 is 0 Å². The standard InChI is InChI=1S/C9H12Cl2N4O3/c1-13-6-12-8(15(17)18)7(13)9(16)14(4-2-10)5-3-11/h6H,2-5H2,1H3. The van der Waals surface area contributed by atoms with Crippen molar-refractivity contribution in [3.63, 3.8) is 0 Å². The summed E-state index contributed by atoms with van der Waals surface area (Å²) in [4.78, 5) is 27.2. The third-order valence-corrected chi connectivity index (χ3v) is 2.63. The summed E-state index contributed by atoms with van der Waals surface area (Å²) in [6, 6.07) is 0. The number of hydrogen-bond acceptors (Lipinski definition) is 4. The first kappa shape index (κ1) is 14.7. The molecule has 0 atom stereocenters. The van der Waals surface area contributed by atoms with Gasteiger partial charge in [0.2, 0.25) is 12.0 Å². The van der Waals surface area contributed by atoms with E-state index in [0.29, 0.717) is 0 Å². The lowest BCUT2D eigenvalue weighted by atomic mass is 10.3. The molecule has 100 valence electrons. The molecule has 0 aliphatic carbocycles. The maximum absolute atomic E-state index is 12.2. The molecule has 0 unspecified atom stereocenters. The lowest BCUT2D eigenvalue weighted by Gasteiger charge is -2.19. The molecule has 18 heavy (non-hydrogen) atoms. The Morgan fingerprint density at radius 2 is 2.06 bits per heavy atom. The topological polar surface area (TPSA) is 81.3 Å². The van der Waals surface area contributed by atoms with E-state index in [9.17, 15) is 14.9 Å². The van der Waals surface area contributed by atoms with Crippen molar-refractivity contribution in [1.29, 1.82) is 0 Å². The molecule has 0 saturated carbocycles. The number of halogens is 2. The predicted molar refractivity (Wildman–Crippen MR) is 67.2 cm³/mol. The van der Waals surface area contributed by atoms with E-state index in [1.807, 2.05) is 0 Å². The Kier molecular flexibility index (Phi) is 5.36. The number of imidazole rings is 1. The van der Waals surface area contributed by atoms with Crippen molar-refractivity contribution in [2.24, 2.45) is 7.05 Å². The number of amides is 1. The van der Waals surface area contributed by atoms with Crippen molar-refractivity contribution < 1.29 is 9.72 Å². The fourth-order valence-electron chi connectivity index (χ4n) is 1.47. The van der Waals surface area contributed by atoms with Crippen LogP contribution >= 0.6 is 23.2 Å². The molecule has 0 saturated heterocycles. The van der Waals surface area contributed by atoms with Crippen LogP contribution in [0.5, 0.6) is 0 Å². The maximum atomic E-state index is 12.2. The van der Waals surface area contributed by atoms with Crippen LogP contribution in [0.2, 0.25) is 0 Å². The van der Waals surface area contributed by atoms with Crippen molar-refractivity contribution >= 4 is 34.9 Å². The lowest BCUT2D eigenvalue weighted by Crippen LogP contribution is -2.35. The van der Waals surface area contributed by atoms with Crippen molar-refractivity contribution in [3.05, 3.63) is 22.1 Å². The molecular weight excluding hydrogens is 283 g/mol. The molecule has 0 spiro atoms. The number of nitro groups is 1. The number of aromatic nitrogens is 2. The average Bonchev–Trinajstić information content (AvgIpc) is 2.70. The summed E-state index contributed by atoms with van der Waals surface area (Å²) >= 11 is 11.2. The van der Waals surface area contributed by atoms with Crippen LogP contribution in [-0.4, -0.2) is 50.1 Å². The molecule has 1 amide bonds. The zero-order valence-corrected chi connectivity index (χ0v) is 11.2. The lowest BCUT2D eigenvalue weighted by molar-refractivity contribution is -0.389. The van der Waals surface area contributed by atoms with Gasteiger partial charge < -0.3 is 19.6 Å². The Labute approximate surface area is 113 Å². The molecular formula is C9H12Cl2N4O3. The highest BCUT2D eigenvalue weighted by molar-refractivity contribution is 6.18. The van der Waals surface area contributed by atoms with E-state index in [4.69, 9.17) is 23.2 Å². The van der Waals surface area contributed by atoms with Gasteiger partial charge in [-0.1, -0.05) is 0 Å². The second-order valence-corrected chi connectivity index (χ2v) is 4.21. The smallest absolute Gasteiger partial charge is 0.358 e. The summed E-state index contributed by atoms with van der Waals surface area (Å²) in [6.45, 7) is 0.547. The maximum Gasteiger partial charge on any atom is 0.394 e. The van der Waals surface area contributed by atoms with Crippen LogP contribution in [0, 0.1) is 10.1 Å². The van der Waals surface area contributed by atoms with Crippen molar-refractivity contribution in [1.82, 2.24) is 14.5 Å². The van der Waals surface area contributed by atoms with E-state index in [1.54, 1.807) is 0 Å². The number of alkyl halides is 2. The first-order valence-corrected chi connectivity index (χ1v) is 6.16. The second kappa shape index (κ2) is 6.55. The van der Waals surface area contributed by atoms with Crippen LogP contribution in [0.3, 0.4) is 0 Å². The van der Waals surface area contributed by atoms with Crippen LogP contribution in [0.4, 0.5) is 5.82 Å². The third kappa shape index (κ3) is 3.11. The van der Waals surface area contributed by atoms with Gasteiger partial charge in [-0.15, -0.1) is 23.2 Å². The SMILES string of the molecule is Cn1cnc([N+](=O)[O-])c1C(=O)N(CCCl)CCCl. The van der Waals surface area contributed by atoms with Crippen molar-refractivity contribution in [3.8, 4) is 0 Å². The first-order chi connectivity index (χ1) is 8.52. The summed E-state index contributed by atoms with van der Waals surface area (Å²) in [5, 5.41) is 10.8. The number of carbonyl (C=O) groups excluding carboxylic acids is 1. The van der Waals surface area contributed by atoms with E-state index in [0.717, 1.165) is 0 Å². The molecule has 7 nitrogen and oxygen atoms in total. The number of hydrogen-bond donors (Lipinski definition) is 0. The van der Waals surface area contributed by atoms with Gasteiger partial charge in [-0.3, -0.25) is 4.79 Å². The Hall–Kier alpha value is -1.34. The summed E-state index contributed by atoms with van der Waals surface area (Å²) in [6.07, 6.45) is 1.23. The fourth-order valence-corrected chi connectivity index (χ4v) is 1.87. The fraction of sp³-hybridized carbons (Fsp3) is 0.556. The van der Waals surface area contributed by atoms with Crippen LogP contribution in [0.15, 0.2) is 6.33 Å². The van der Waals surface area contributed by atoms with Gasteiger partial charge in [0.15, 0.2) is 0 Å². The van der Waals surface area contributed by atoms with Crippen molar-refractivity contribution in [2.75, 3.05) is 24.8 Å². The van der Waals surface area contributed by atoms with E-state index < -0.39 is 16.6 Å². The number of aryl methyl sites for hydroxylation is 1. The van der Waals surface area contributed by atoms with Crippen LogP contribution in [-0.2, 0) is 7.05 Å². The Morgan fingerprint density at radius 3 is 2.50 bits per heavy atom. The summed E-state index contributed by atoms with van der Waals surface area (Å²) in [5.41, 5.74) is -0.0739. The Morgan fingerprint density at radius 1 is 1.50 bits per heavy atom. The molecule has 0 N–H and O–H groups in total. The van der Waals surface area contributed by atoms with E-state index in [2.05, 4.69) is 4.98 Å². The normalized spacial score (nSPS) is 10.4. The summed E-state index contributed by atoms with van der Waals surface area (Å²) < 4.78 is 1.32. The highest BCUT2D eigenvalue weighted by Crippen LogP contribution is 2.17. The Balaban J connectivity index is 3.07. The average molecular weight is 295 g/mol. The van der Waals surface area contributed by atoms with Gasteiger partial charge in [-0.25, -0.2) is 0 Å². The van der Waals surface area contributed by atoms with Gasteiger partial charge in [-0.2, -0.15) is 0 Å². The number of rotatable bonds is 6. The monoisotopic (exact) mass is 294 g/mol. The van der Waals surface area contributed by atoms with Gasteiger partial charge in [0.25, 0.3) is 5.91 Å². The quantitative estimate of drug-likeness (QED) is 0.449. The molecule has 0 aromatic carbocycles. The third-order valence-electron chi connectivity index (χ3n) is 2.29. The zero-order valence-electron chi connectivity index (χ0n) is 9.68. The minimum absolute atomic E-state index is 0.0739. The largest absolute Gasteiger partial charge is 0.394 e. The minimum atomic E-state index is -0.688. The molecule has 0 fully saturated rings. The molecule has 0 aliphatic rings. The molecule has 0 aliphatic heterocycles. The van der Waals surface area contributed by atoms with Crippen LogP contribution in [0.1, 0.15) is 10.5 Å². The van der Waals surface area contributed by atoms with Crippen LogP contribution < -0.4 is 0 Å². The molecule has 0 radical (unpaired) electrons. The van der Waals surface area contributed by atoms with Gasteiger partial charge in [0, 0.05) is 31.9 Å². The highest BCUT2D eigenvalue weighted by Gasteiger charge is 2.29. The van der Waals surface area contributed by atoms with E-state index in [-0.39, 0.29) is 30.5 Å². The first-order valence-electron chi connectivity index (χ1n) is 5.09. The van der Waals surface area contributed by atoms with Gasteiger partial charge in [0.05, 0.1) is 0 Å². The molecule has 1 aromatic rings. The predicted octanol–water partition coefficient (Wildman–Crippen LogP) is 1.25. The van der Waals surface area contributed by atoms with Crippen molar-refractivity contribution in [2.45, 2.75) is 0 Å². The summed E-state index contributed by atoms with van der Waals surface area (Å²) in [5.74, 6) is -0.498. The molecule has 1 heterocycles. The molecule has 0 bridgehead atoms. The Bertz CT molecular complexity index is 443. The molecule has 1 rings (SSSR count).